The molecule has 3 rings (SSSR count). The van der Waals surface area contributed by atoms with Gasteiger partial charge in [-0.15, -0.1) is 0 Å². The fourth-order valence-corrected chi connectivity index (χ4v) is 2.43. The van der Waals surface area contributed by atoms with E-state index in [0.29, 0.717) is 0 Å². The lowest BCUT2D eigenvalue weighted by molar-refractivity contribution is -0.431. The summed E-state index contributed by atoms with van der Waals surface area (Å²) in [4.78, 5) is 15.1. The van der Waals surface area contributed by atoms with E-state index < -0.39 is 0 Å². The molecule has 0 saturated heterocycles. The zero-order chi connectivity index (χ0) is 11.8. The summed E-state index contributed by atoms with van der Waals surface area (Å²) in [5.41, 5.74) is 1.97. The summed E-state index contributed by atoms with van der Waals surface area (Å²) in [6.07, 6.45) is 7.17. The van der Waals surface area contributed by atoms with Gasteiger partial charge in [0.1, 0.15) is 0 Å². The molecule has 2 atom stereocenters. The molecule has 1 aromatic heterocycles. The first-order valence-electron chi connectivity index (χ1n) is 5.48. The standard InChI is InChI=1S/C12H11N3O2/c16-15(17)10-7-8-3-1-5-13-11(8)12-9(10)4-2-6-14-12/h1-5,7,9,12,14H,6H2. The number of pyridine rings is 1. The molecule has 0 spiro atoms. The van der Waals surface area contributed by atoms with Crippen molar-refractivity contribution in [3.8, 4) is 0 Å². The van der Waals surface area contributed by atoms with Crippen molar-refractivity contribution in [3.63, 3.8) is 0 Å². The molecule has 0 aromatic carbocycles. The van der Waals surface area contributed by atoms with Gasteiger partial charge in [0.25, 0.3) is 5.70 Å². The van der Waals surface area contributed by atoms with E-state index in [1.807, 2.05) is 18.2 Å². The van der Waals surface area contributed by atoms with E-state index >= 15 is 0 Å². The van der Waals surface area contributed by atoms with Gasteiger partial charge in [-0.25, -0.2) is 0 Å². The molecular weight excluding hydrogens is 218 g/mol. The highest BCUT2D eigenvalue weighted by Gasteiger charge is 2.38. The molecule has 0 saturated carbocycles. The van der Waals surface area contributed by atoms with Gasteiger partial charge in [0.05, 0.1) is 22.6 Å². The number of hydrogen-bond acceptors (Lipinski definition) is 4. The quantitative estimate of drug-likeness (QED) is 0.450. The third-order valence-electron chi connectivity index (χ3n) is 3.18. The van der Waals surface area contributed by atoms with Crippen LogP contribution in [-0.4, -0.2) is 16.5 Å². The van der Waals surface area contributed by atoms with Crippen molar-refractivity contribution in [1.29, 1.82) is 0 Å². The molecule has 0 bridgehead atoms. The molecule has 0 amide bonds. The first-order valence-corrected chi connectivity index (χ1v) is 5.48. The Hall–Kier alpha value is -2.01. The minimum atomic E-state index is -0.301. The summed E-state index contributed by atoms with van der Waals surface area (Å²) < 4.78 is 0. The number of aromatic nitrogens is 1. The average Bonchev–Trinajstić information content (AvgIpc) is 2.37. The fourth-order valence-electron chi connectivity index (χ4n) is 2.43. The number of nitrogens with zero attached hydrogens (tertiary/aromatic N) is 2. The summed E-state index contributed by atoms with van der Waals surface area (Å²) in [5.74, 6) is -0.221. The molecule has 17 heavy (non-hydrogen) atoms. The van der Waals surface area contributed by atoms with Crippen LogP contribution in [0.5, 0.6) is 0 Å². The molecule has 5 heteroatoms. The third-order valence-corrected chi connectivity index (χ3v) is 3.18. The van der Waals surface area contributed by atoms with Crippen LogP contribution in [0.25, 0.3) is 6.08 Å². The van der Waals surface area contributed by atoms with Gasteiger partial charge in [0.2, 0.25) is 0 Å². The second kappa shape index (κ2) is 3.78. The Bertz CT molecular complexity index is 536. The minimum absolute atomic E-state index is 0.0819. The lowest BCUT2D eigenvalue weighted by atomic mass is 9.83. The number of fused-ring (bicyclic) bond motifs is 3. The Kier molecular flexibility index (Phi) is 2.26. The van der Waals surface area contributed by atoms with Gasteiger partial charge in [0, 0.05) is 24.4 Å². The van der Waals surface area contributed by atoms with E-state index in [0.717, 1.165) is 17.8 Å². The monoisotopic (exact) mass is 229 g/mol. The van der Waals surface area contributed by atoms with Crippen molar-refractivity contribution < 1.29 is 4.92 Å². The largest absolute Gasteiger partial charge is 0.304 e. The van der Waals surface area contributed by atoms with Crippen LogP contribution in [0, 0.1) is 16.0 Å². The Morgan fingerprint density at radius 3 is 3.24 bits per heavy atom. The zero-order valence-corrected chi connectivity index (χ0v) is 9.04. The van der Waals surface area contributed by atoms with Gasteiger partial charge < -0.3 is 5.32 Å². The summed E-state index contributed by atoms with van der Waals surface area (Å²) in [7, 11) is 0. The zero-order valence-electron chi connectivity index (χ0n) is 9.04. The molecule has 5 nitrogen and oxygen atoms in total. The number of rotatable bonds is 1. The lowest BCUT2D eigenvalue weighted by Gasteiger charge is -2.30. The van der Waals surface area contributed by atoms with Gasteiger partial charge >= 0.3 is 0 Å². The first-order chi connectivity index (χ1) is 8.27. The van der Waals surface area contributed by atoms with Gasteiger partial charge in [-0.3, -0.25) is 15.1 Å². The predicted molar refractivity (Wildman–Crippen MR) is 62.6 cm³/mol. The summed E-state index contributed by atoms with van der Waals surface area (Å²) in [6, 6.07) is 3.58. The maximum Gasteiger partial charge on any atom is 0.255 e. The van der Waals surface area contributed by atoms with Crippen LogP contribution in [0.4, 0.5) is 0 Å². The molecule has 86 valence electrons. The Labute approximate surface area is 98.0 Å². The highest BCUT2D eigenvalue weighted by molar-refractivity contribution is 5.59. The maximum absolute atomic E-state index is 11.1. The van der Waals surface area contributed by atoms with Crippen LogP contribution in [-0.2, 0) is 0 Å². The van der Waals surface area contributed by atoms with Crippen molar-refractivity contribution in [3.05, 3.63) is 57.6 Å². The van der Waals surface area contributed by atoms with Crippen LogP contribution < -0.4 is 5.32 Å². The molecule has 0 radical (unpaired) electrons. The van der Waals surface area contributed by atoms with Crippen LogP contribution in [0.1, 0.15) is 17.3 Å². The average molecular weight is 229 g/mol. The summed E-state index contributed by atoms with van der Waals surface area (Å²) in [6.45, 7) is 0.724. The smallest absolute Gasteiger partial charge is 0.255 e. The Balaban J connectivity index is 2.18. The number of nitro groups is 1. The molecule has 2 unspecified atom stereocenters. The van der Waals surface area contributed by atoms with E-state index in [1.165, 1.54) is 0 Å². The summed E-state index contributed by atoms with van der Waals surface area (Å²) >= 11 is 0. The maximum atomic E-state index is 11.1. The lowest BCUT2D eigenvalue weighted by Crippen LogP contribution is -2.36. The van der Waals surface area contributed by atoms with Gasteiger partial charge in [-0.1, -0.05) is 18.2 Å². The van der Waals surface area contributed by atoms with Crippen LogP contribution in [0.2, 0.25) is 0 Å². The molecular formula is C12H11N3O2. The molecule has 0 fully saturated rings. The van der Waals surface area contributed by atoms with Gasteiger partial charge in [0.15, 0.2) is 0 Å². The van der Waals surface area contributed by atoms with Crippen LogP contribution in [0.3, 0.4) is 0 Å². The molecule has 1 N–H and O–H groups in total. The SMILES string of the molecule is O=[N+]([O-])C1=Cc2cccnc2C2NCC=CC12. The normalized spacial score (nSPS) is 25.8. The van der Waals surface area contributed by atoms with Gasteiger partial charge in [-0.05, 0) is 6.07 Å². The van der Waals surface area contributed by atoms with Crippen molar-refractivity contribution >= 4 is 6.08 Å². The highest BCUT2D eigenvalue weighted by atomic mass is 16.6. The molecule has 1 aromatic rings. The Morgan fingerprint density at radius 1 is 1.53 bits per heavy atom. The Morgan fingerprint density at radius 2 is 2.41 bits per heavy atom. The van der Waals surface area contributed by atoms with E-state index in [9.17, 15) is 10.1 Å². The van der Waals surface area contributed by atoms with Crippen LogP contribution in [0.15, 0.2) is 36.2 Å². The van der Waals surface area contributed by atoms with E-state index in [4.69, 9.17) is 0 Å². The van der Waals surface area contributed by atoms with E-state index in [-0.39, 0.29) is 22.6 Å². The molecule has 2 heterocycles. The van der Waals surface area contributed by atoms with E-state index in [1.54, 1.807) is 18.3 Å². The summed E-state index contributed by atoms with van der Waals surface area (Å²) in [5, 5.41) is 14.3. The second-order valence-electron chi connectivity index (χ2n) is 4.14. The van der Waals surface area contributed by atoms with Crippen molar-refractivity contribution in [1.82, 2.24) is 10.3 Å². The van der Waals surface area contributed by atoms with Crippen molar-refractivity contribution in [2.75, 3.05) is 6.54 Å². The predicted octanol–water partition coefficient (Wildman–Crippen LogP) is 1.53. The van der Waals surface area contributed by atoms with Crippen molar-refractivity contribution in [2.24, 2.45) is 5.92 Å². The fraction of sp³-hybridized carbons (Fsp3) is 0.250. The molecule has 2 aliphatic rings. The van der Waals surface area contributed by atoms with Crippen LogP contribution >= 0.6 is 0 Å². The highest BCUT2D eigenvalue weighted by Crippen LogP contribution is 2.37. The third kappa shape index (κ3) is 1.55. The topological polar surface area (TPSA) is 68.1 Å². The van der Waals surface area contributed by atoms with E-state index in [2.05, 4.69) is 10.3 Å². The first kappa shape index (κ1) is 10.2. The van der Waals surface area contributed by atoms with Crippen molar-refractivity contribution in [2.45, 2.75) is 6.04 Å². The number of nitrogens with one attached hydrogen (secondary N) is 1. The van der Waals surface area contributed by atoms with Gasteiger partial charge in [-0.2, -0.15) is 0 Å². The molecule has 1 aliphatic heterocycles. The molecule has 1 aliphatic carbocycles. The number of hydrogen-bond donors (Lipinski definition) is 1. The minimum Gasteiger partial charge on any atom is -0.304 e. The second-order valence-corrected chi connectivity index (χ2v) is 4.14.